The van der Waals surface area contributed by atoms with Gasteiger partial charge in [0, 0.05) is 17.0 Å². The molecule has 1 fully saturated rings. The van der Waals surface area contributed by atoms with Gasteiger partial charge in [0.2, 0.25) is 0 Å². The van der Waals surface area contributed by atoms with Crippen LogP contribution in [0.3, 0.4) is 0 Å². The van der Waals surface area contributed by atoms with Crippen LogP contribution in [0.1, 0.15) is 5.56 Å². The molecule has 0 aliphatic carbocycles. The second kappa shape index (κ2) is 3.48. The SMILES string of the molecule is O=C(O)C1CSC2(N1)C(=O)Nc1ccccc12. The number of thioether (sulfide) groups is 1. The van der Waals surface area contributed by atoms with Crippen LogP contribution in [-0.4, -0.2) is 28.8 Å². The molecule has 17 heavy (non-hydrogen) atoms. The number of carbonyl (C=O) groups excluding carboxylic acids is 1. The fourth-order valence-corrected chi connectivity index (χ4v) is 3.57. The Labute approximate surface area is 102 Å². The van der Waals surface area contributed by atoms with E-state index in [1.807, 2.05) is 24.3 Å². The highest BCUT2D eigenvalue weighted by Crippen LogP contribution is 2.47. The van der Waals surface area contributed by atoms with Crippen LogP contribution in [0.25, 0.3) is 0 Å². The summed E-state index contributed by atoms with van der Waals surface area (Å²) < 4.78 is 0. The average molecular weight is 250 g/mol. The summed E-state index contributed by atoms with van der Waals surface area (Å²) in [4.78, 5) is 22.1. The summed E-state index contributed by atoms with van der Waals surface area (Å²) in [7, 11) is 0. The van der Waals surface area contributed by atoms with Gasteiger partial charge in [0.05, 0.1) is 0 Å². The topological polar surface area (TPSA) is 78.4 Å². The lowest BCUT2D eigenvalue weighted by Crippen LogP contribution is -2.47. The lowest BCUT2D eigenvalue weighted by molar-refractivity contribution is -0.139. The van der Waals surface area contributed by atoms with Gasteiger partial charge in [-0.15, -0.1) is 11.8 Å². The predicted octanol–water partition coefficient (Wildman–Crippen LogP) is 0.581. The number of carboxylic acids is 1. The predicted molar refractivity (Wildman–Crippen MR) is 63.8 cm³/mol. The van der Waals surface area contributed by atoms with Crippen LogP contribution in [0.15, 0.2) is 24.3 Å². The first-order valence-corrected chi connectivity index (χ1v) is 6.17. The Kier molecular flexibility index (Phi) is 2.17. The summed E-state index contributed by atoms with van der Waals surface area (Å²) in [5.41, 5.74) is 1.57. The summed E-state index contributed by atoms with van der Waals surface area (Å²) in [6, 6.07) is 6.66. The van der Waals surface area contributed by atoms with Crippen molar-refractivity contribution in [2.75, 3.05) is 11.1 Å². The van der Waals surface area contributed by atoms with E-state index in [0.717, 1.165) is 11.3 Å². The van der Waals surface area contributed by atoms with E-state index in [4.69, 9.17) is 5.11 Å². The second-order valence-electron chi connectivity index (χ2n) is 4.03. The number of para-hydroxylation sites is 1. The van der Waals surface area contributed by atoms with Crippen molar-refractivity contribution in [2.45, 2.75) is 10.9 Å². The smallest absolute Gasteiger partial charge is 0.321 e. The molecule has 0 radical (unpaired) electrons. The van der Waals surface area contributed by atoms with Crippen molar-refractivity contribution in [1.29, 1.82) is 0 Å². The van der Waals surface area contributed by atoms with E-state index in [9.17, 15) is 9.59 Å². The zero-order chi connectivity index (χ0) is 12.0. The number of carbonyl (C=O) groups is 2. The molecule has 1 saturated heterocycles. The monoisotopic (exact) mass is 250 g/mol. The summed E-state index contributed by atoms with van der Waals surface area (Å²) in [6.45, 7) is 0. The molecular weight excluding hydrogens is 240 g/mol. The molecular formula is C11H10N2O3S. The van der Waals surface area contributed by atoms with Gasteiger partial charge in [0.25, 0.3) is 5.91 Å². The third-order valence-electron chi connectivity index (χ3n) is 3.02. The fourth-order valence-electron chi connectivity index (χ4n) is 2.19. The first-order chi connectivity index (χ1) is 8.13. The molecule has 3 rings (SSSR count). The Morgan fingerprint density at radius 3 is 2.94 bits per heavy atom. The van der Waals surface area contributed by atoms with Gasteiger partial charge in [-0.05, 0) is 6.07 Å². The Morgan fingerprint density at radius 2 is 2.24 bits per heavy atom. The second-order valence-corrected chi connectivity index (χ2v) is 5.26. The van der Waals surface area contributed by atoms with Crippen LogP contribution in [0.2, 0.25) is 0 Å². The van der Waals surface area contributed by atoms with Crippen molar-refractivity contribution >= 4 is 29.3 Å². The van der Waals surface area contributed by atoms with Gasteiger partial charge in [0.1, 0.15) is 6.04 Å². The summed E-state index contributed by atoms with van der Waals surface area (Å²) in [5, 5.41) is 14.7. The number of carboxylic acid groups (broad SMARTS) is 1. The van der Waals surface area contributed by atoms with Crippen LogP contribution in [0.4, 0.5) is 5.69 Å². The number of amides is 1. The Morgan fingerprint density at radius 1 is 1.47 bits per heavy atom. The van der Waals surface area contributed by atoms with Gasteiger partial charge < -0.3 is 10.4 Å². The Balaban J connectivity index is 2.04. The summed E-state index contributed by atoms with van der Waals surface area (Å²) >= 11 is 1.34. The van der Waals surface area contributed by atoms with Gasteiger partial charge in [-0.2, -0.15) is 0 Å². The third-order valence-corrected chi connectivity index (χ3v) is 4.47. The molecule has 0 saturated carbocycles. The summed E-state index contributed by atoms with van der Waals surface area (Å²) in [5.74, 6) is -0.726. The molecule has 1 aromatic rings. The first kappa shape index (κ1) is 10.6. The van der Waals surface area contributed by atoms with E-state index in [1.165, 1.54) is 11.8 Å². The van der Waals surface area contributed by atoms with Gasteiger partial charge >= 0.3 is 5.97 Å². The highest BCUT2D eigenvalue weighted by molar-refractivity contribution is 8.01. The van der Waals surface area contributed by atoms with Crippen LogP contribution in [-0.2, 0) is 14.5 Å². The van der Waals surface area contributed by atoms with Crippen molar-refractivity contribution < 1.29 is 14.7 Å². The molecule has 2 unspecified atom stereocenters. The van der Waals surface area contributed by atoms with Gasteiger partial charge in [0.15, 0.2) is 4.87 Å². The molecule has 0 aromatic heterocycles. The molecule has 0 bridgehead atoms. The van der Waals surface area contributed by atoms with E-state index in [-0.39, 0.29) is 5.91 Å². The fraction of sp³-hybridized carbons (Fsp3) is 0.273. The van der Waals surface area contributed by atoms with Crippen molar-refractivity contribution in [3.05, 3.63) is 29.8 Å². The lowest BCUT2D eigenvalue weighted by Gasteiger charge is -2.21. The van der Waals surface area contributed by atoms with Gasteiger partial charge in [-0.3, -0.25) is 14.9 Å². The quantitative estimate of drug-likeness (QED) is 0.679. The molecule has 1 amide bonds. The van der Waals surface area contributed by atoms with E-state index in [2.05, 4.69) is 10.6 Å². The minimum Gasteiger partial charge on any atom is -0.480 e. The highest BCUT2D eigenvalue weighted by atomic mass is 32.2. The van der Waals surface area contributed by atoms with Crippen LogP contribution >= 0.6 is 11.8 Å². The number of hydrogen-bond acceptors (Lipinski definition) is 4. The lowest BCUT2D eigenvalue weighted by atomic mass is 10.1. The van der Waals surface area contributed by atoms with Crippen LogP contribution < -0.4 is 10.6 Å². The minimum atomic E-state index is -0.931. The number of hydrogen-bond donors (Lipinski definition) is 3. The van der Waals surface area contributed by atoms with E-state index >= 15 is 0 Å². The van der Waals surface area contributed by atoms with Crippen molar-refractivity contribution in [2.24, 2.45) is 0 Å². The molecule has 2 atom stereocenters. The molecule has 88 valence electrons. The zero-order valence-corrected chi connectivity index (χ0v) is 9.58. The molecule has 2 aliphatic heterocycles. The average Bonchev–Trinajstić information content (AvgIpc) is 2.85. The molecule has 3 N–H and O–H groups in total. The molecule has 1 aromatic carbocycles. The molecule has 6 heteroatoms. The number of benzene rings is 1. The maximum Gasteiger partial charge on any atom is 0.321 e. The minimum absolute atomic E-state index is 0.188. The Bertz CT molecular complexity index is 519. The molecule has 1 spiro atoms. The summed E-state index contributed by atoms with van der Waals surface area (Å²) in [6.07, 6.45) is 0. The van der Waals surface area contributed by atoms with Crippen LogP contribution in [0, 0.1) is 0 Å². The molecule has 2 heterocycles. The normalized spacial score (nSPS) is 30.4. The van der Waals surface area contributed by atoms with Gasteiger partial charge in [-0.1, -0.05) is 18.2 Å². The van der Waals surface area contributed by atoms with E-state index in [0.29, 0.717) is 5.75 Å². The first-order valence-electron chi connectivity index (χ1n) is 5.19. The van der Waals surface area contributed by atoms with Crippen molar-refractivity contribution in [3.63, 3.8) is 0 Å². The standard InChI is InChI=1S/C11H10N2O3S/c14-9(15)8-5-17-11(13-8)6-3-1-2-4-7(6)12-10(11)16/h1-4,8,13H,5H2,(H,12,16)(H,14,15). The number of nitrogens with one attached hydrogen (secondary N) is 2. The van der Waals surface area contributed by atoms with Crippen molar-refractivity contribution in [1.82, 2.24) is 5.32 Å². The van der Waals surface area contributed by atoms with E-state index in [1.54, 1.807) is 0 Å². The van der Waals surface area contributed by atoms with Crippen LogP contribution in [0.5, 0.6) is 0 Å². The largest absolute Gasteiger partial charge is 0.480 e. The highest BCUT2D eigenvalue weighted by Gasteiger charge is 2.53. The number of anilines is 1. The third kappa shape index (κ3) is 1.37. The van der Waals surface area contributed by atoms with E-state index < -0.39 is 16.9 Å². The zero-order valence-electron chi connectivity index (χ0n) is 8.77. The number of rotatable bonds is 1. The van der Waals surface area contributed by atoms with Gasteiger partial charge in [-0.25, -0.2) is 0 Å². The number of aliphatic carboxylic acids is 1. The molecule has 2 aliphatic rings. The molecule has 5 nitrogen and oxygen atoms in total. The Hall–Kier alpha value is -1.53. The maximum atomic E-state index is 12.0. The van der Waals surface area contributed by atoms with Crippen molar-refractivity contribution in [3.8, 4) is 0 Å². The number of fused-ring (bicyclic) bond motifs is 2. The maximum absolute atomic E-state index is 12.0.